The Bertz CT molecular complexity index is 775. The monoisotopic (exact) mass is 418 g/mol. The number of morpholine rings is 1. The molecule has 2 N–H and O–H groups in total. The molecular formula is C22H29ClN3O3+. The van der Waals surface area contributed by atoms with E-state index in [0.29, 0.717) is 17.3 Å². The summed E-state index contributed by atoms with van der Waals surface area (Å²) in [6, 6.07) is 15.7. The van der Waals surface area contributed by atoms with Crippen molar-refractivity contribution >= 4 is 23.2 Å². The number of halogens is 1. The van der Waals surface area contributed by atoms with Crippen molar-refractivity contribution in [3.05, 3.63) is 59.1 Å². The first-order valence-electron chi connectivity index (χ1n) is 9.87. The number of nitrogens with zero attached hydrogens (tertiary/aromatic N) is 1. The second-order valence-electron chi connectivity index (χ2n) is 7.36. The van der Waals surface area contributed by atoms with E-state index in [1.54, 1.807) is 24.3 Å². The smallest absolute Gasteiger partial charge is 0.258 e. The number of nitrogens with one attached hydrogen (secondary N) is 2. The number of benzene rings is 2. The van der Waals surface area contributed by atoms with E-state index in [1.807, 2.05) is 14.1 Å². The quantitative estimate of drug-likeness (QED) is 0.683. The van der Waals surface area contributed by atoms with Crippen LogP contribution in [-0.2, 0) is 9.53 Å². The third-order valence-electron chi connectivity index (χ3n) is 5.13. The van der Waals surface area contributed by atoms with Crippen LogP contribution in [0.15, 0.2) is 48.5 Å². The van der Waals surface area contributed by atoms with Crippen molar-refractivity contribution in [2.45, 2.75) is 6.04 Å². The minimum Gasteiger partial charge on any atom is -0.484 e. The van der Waals surface area contributed by atoms with E-state index in [9.17, 15) is 4.79 Å². The summed E-state index contributed by atoms with van der Waals surface area (Å²) in [6.45, 7) is 3.88. The maximum absolute atomic E-state index is 12.3. The number of anilines is 1. The molecule has 1 saturated heterocycles. The molecule has 7 heteroatoms. The summed E-state index contributed by atoms with van der Waals surface area (Å²) in [7, 11) is 4.06. The zero-order chi connectivity index (χ0) is 20.6. The van der Waals surface area contributed by atoms with Gasteiger partial charge >= 0.3 is 0 Å². The van der Waals surface area contributed by atoms with Crippen LogP contribution >= 0.6 is 11.6 Å². The average Bonchev–Trinajstić information content (AvgIpc) is 2.74. The van der Waals surface area contributed by atoms with Crippen molar-refractivity contribution < 1.29 is 19.2 Å². The molecule has 1 aliphatic heterocycles. The molecule has 1 fully saturated rings. The normalized spacial score (nSPS) is 15.6. The van der Waals surface area contributed by atoms with Crippen LogP contribution in [0.2, 0.25) is 5.02 Å². The SMILES string of the molecule is CN(C)c1ccc([C@@H](CNC(=O)COc2ccc(Cl)cc2)[NH+]2CCOCC2)cc1. The van der Waals surface area contributed by atoms with E-state index >= 15 is 0 Å². The van der Waals surface area contributed by atoms with Gasteiger partial charge in [-0.25, -0.2) is 0 Å². The first kappa shape index (κ1) is 21.4. The fraction of sp³-hybridized carbons (Fsp3) is 0.409. The highest BCUT2D eigenvalue weighted by molar-refractivity contribution is 6.30. The molecule has 0 unspecified atom stereocenters. The highest BCUT2D eigenvalue weighted by Gasteiger charge is 2.27. The molecule has 0 saturated carbocycles. The lowest BCUT2D eigenvalue weighted by molar-refractivity contribution is -0.937. The summed E-state index contributed by atoms with van der Waals surface area (Å²) in [5, 5.41) is 3.67. The van der Waals surface area contributed by atoms with Crippen molar-refractivity contribution in [2.24, 2.45) is 0 Å². The van der Waals surface area contributed by atoms with E-state index < -0.39 is 0 Å². The standard InChI is InChI=1S/C22H28ClN3O3/c1-25(2)19-7-3-17(4-8-19)21(26-11-13-28-14-12-26)15-24-22(27)16-29-20-9-5-18(23)6-10-20/h3-10,21H,11-16H2,1-2H3,(H,24,27)/p+1/t21-/m1/s1. The third-order valence-corrected chi connectivity index (χ3v) is 5.38. The number of quaternary nitrogens is 1. The molecule has 156 valence electrons. The van der Waals surface area contributed by atoms with Crippen molar-refractivity contribution in [1.82, 2.24) is 5.32 Å². The topological polar surface area (TPSA) is 55.2 Å². The Labute approximate surface area is 177 Å². The van der Waals surface area contributed by atoms with Crippen LogP contribution in [0.4, 0.5) is 5.69 Å². The first-order valence-corrected chi connectivity index (χ1v) is 10.3. The average molecular weight is 419 g/mol. The lowest BCUT2D eigenvalue weighted by atomic mass is 10.0. The molecule has 0 aromatic heterocycles. The van der Waals surface area contributed by atoms with Crippen molar-refractivity contribution in [2.75, 3.05) is 58.5 Å². The Morgan fingerprint density at radius 2 is 1.79 bits per heavy atom. The Morgan fingerprint density at radius 1 is 1.14 bits per heavy atom. The molecule has 1 aliphatic rings. The molecule has 2 aromatic carbocycles. The van der Waals surface area contributed by atoms with Crippen molar-refractivity contribution in [1.29, 1.82) is 0 Å². The molecule has 0 spiro atoms. The molecule has 0 aliphatic carbocycles. The van der Waals surface area contributed by atoms with E-state index in [2.05, 4.69) is 34.5 Å². The van der Waals surface area contributed by atoms with Gasteiger partial charge in [0.2, 0.25) is 0 Å². The lowest BCUT2D eigenvalue weighted by Crippen LogP contribution is -3.15. The largest absolute Gasteiger partial charge is 0.484 e. The van der Waals surface area contributed by atoms with Gasteiger partial charge in [-0.2, -0.15) is 0 Å². The summed E-state index contributed by atoms with van der Waals surface area (Å²) in [4.78, 5) is 15.8. The summed E-state index contributed by atoms with van der Waals surface area (Å²) in [6.07, 6.45) is 0. The Balaban J connectivity index is 1.60. The van der Waals surface area contributed by atoms with Gasteiger partial charge in [0.1, 0.15) is 24.9 Å². The Kier molecular flexibility index (Phi) is 7.75. The van der Waals surface area contributed by atoms with Crippen LogP contribution in [0.1, 0.15) is 11.6 Å². The zero-order valence-electron chi connectivity index (χ0n) is 17.0. The van der Waals surface area contributed by atoms with Gasteiger partial charge in [0.15, 0.2) is 6.61 Å². The number of ether oxygens (including phenoxy) is 2. The summed E-state index contributed by atoms with van der Waals surface area (Å²) < 4.78 is 11.1. The van der Waals surface area contributed by atoms with Gasteiger partial charge in [-0.1, -0.05) is 23.7 Å². The third kappa shape index (κ3) is 6.35. The second kappa shape index (κ2) is 10.5. The molecule has 1 atom stereocenters. The molecule has 0 bridgehead atoms. The van der Waals surface area contributed by atoms with Crippen LogP contribution in [0.3, 0.4) is 0 Å². The Hall–Kier alpha value is -2.28. The number of carbonyl (C=O) groups excluding carboxylic acids is 1. The lowest BCUT2D eigenvalue weighted by Gasteiger charge is -2.32. The number of carbonyl (C=O) groups is 1. The van der Waals surface area contributed by atoms with Gasteiger partial charge < -0.3 is 24.6 Å². The van der Waals surface area contributed by atoms with E-state index in [0.717, 1.165) is 32.0 Å². The molecule has 2 aromatic rings. The highest BCUT2D eigenvalue weighted by Crippen LogP contribution is 2.17. The molecule has 1 heterocycles. The fourth-order valence-corrected chi connectivity index (χ4v) is 3.56. The van der Waals surface area contributed by atoms with Crippen molar-refractivity contribution in [3.8, 4) is 5.75 Å². The van der Waals surface area contributed by atoms with Gasteiger partial charge in [0, 0.05) is 30.4 Å². The molecule has 6 nitrogen and oxygen atoms in total. The zero-order valence-corrected chi connectivity index (χ0v) is 17.7. The predicted octanol–water partition coefficient (Wildman–Crippen LogP) is 1.56. The van der Waals surface area contributed by atoms with Gasteiger partial charge in [-0.15, -0.1) is 0 Å². The van der Waals surface area contributed by atoms with Gasteiger partial charge in [-0.05, 0) is 36.4 Å². The number of hydrogen-bond donors (Lipinski definition) is 2. The van der Waals surface area contributed by atoms with Crippen LogP contribution in [0, 0.1) is 0 Å². The molecule has 0 radical (unpaired) electrons. The summed E-state index contributed by atoms with van der Waals surface area (Å²) in [5.41, 5.74) is 2.37. The van der Waals surface area contributed by atoms with Crippen LogP contribution in [0.5, 0.6) is 5.75 Å². The maximum Gasteiger partial charge on any atom is 0.258 e. The minimum atomic E-state index is -0.137. The van der Waals surface area contributed by atoms with Gasteiger partial charge in [0.05, 0.1) is 19.8 Å². The van der Waals surface area contributed by atoms with E-state index in [-0.39, 0.29) is 18.6 Å². The number of rotatable bonds is 8. The summed E-state index contributed by atoms with van der Waals surface area (Å²) in [5.74, 6) is 0.488. The maximum atomic E-state index is 12.3. The van der Waals surface area contributed by atoms with Gasteiger partial charge in [0.25, 0.3) is 5.91 Å². The molecule has 3 rings (SSSR count). The number of hydrogen-bond acceptors (Lipinski definition) is 4. The molecule has 1 amide bonds. The van der Waals surface area contributed by atoms with Crippen molar-refractivity contribution in [3.63, 3.8) is 0 Å². The van der Waals surface area contributed by atoms with Crippen LogP contribution in [-0.4, -0.2) is 59.5 Å². The number of amides is 1. The molecule has 29 heavy (non-hydrogen) atoms. The van der Waals surface area contributed by atoms with Gasteiger partial charge in [-0.3, -0.25) is 4.79 Å². The highest BCUT2D eigenvalue weighted by atomic mass is 35.5. The van der Waals surface area contributed by atoms with Crippen LogP contribution < -0.4 is 19.9 Å². The first-order chi connectivity index (χ1) is 14.0. The Morgan fingerprint density at radius 3 is 2.41 bits per heavy atom. The fourth-order valence-electron chi connectivity index (χ4n) is 3.43. The van der Waals surface area contributed by atoms with E-state index in [4.69, 9.17) is 21.1 Å². The summed E-state index contributed by atoms with van der Waals surface area (Å²) >= 11 is 5.87. The predicted molar refractivity (Wildman–Crippen MR) is 115 cm³/mol. The van der Waals surface area contributed by atoms with E-state index in [1.165, 1.54) is 10.5 Å². The molecular weight excluding hydrogens is 390 g/mol. The minimum absolute atomic E-state index is 0.0215. The second-order valence-corrected chi connectivity index (χ2v) is 7.79. The van der Waals surface area contributed by atoms with Crippen LogP contribution in [0.25, 0.3) is 0 Å².